The van der Waals surface area contributed by atoms with Gasteiger partial charge in [-0.25, -0.2) is 13.6 Å². The molecule has 0 fully saturated rings. The Morgan fingerprint density at radius 1 is 1.28 bits per heavy atom. The van der Waals surface area contributed by atoms with E-state index in [1.165, 1.54) is 6.07 Å². The number of amides is 3. The number of ether oxygens (including phenoxy) is 1. The summed E-state index contributed by atoms with van der Waals surface area (Å²) in [5, 5.41) is 8.51. The molecule has 0 aliphatic heterocycles. The second-order valence-electron chi connectivity index (χ2n) is 6.42. The summed E-state index contributed by atoms with van der Waals surface area (Å²) in [5.74, 6) is -2.49. The Hall–Kier alpha value is -2.79. The molecule has 11 heteroatoms. The van der Waals surface area contributed by atoms with E-state index in [2.05, 4.69) is 20.3 Å². The Morgan fingerprint density at radius 2 is 2.03 bits per heavy atom. The molecule has 0 radical (unpaired) electrons. The minimum Gasteiger partial charge on any atom is -0.471 e. The van der Waals surface area contributed by atoms with Gasteiger partial charge < -0.3 is 21.1 Å². The lowest BCUT2D eigenvalue weighted by Crippen LogP contribution is -2.32. The average molecular weight is 427 g/mol. The minimum absolute atomic E-state index is 0.0806. The van der Waals surface area contributed by atoms with Crippen LogP contribution < -0.4 is 26.4 Å². The van der Waals surface area contributed by atoms with Gasteiger partial charge >= 0.3 is 6.03 Å². The molecule has 1 aromatic carbocycles. The quantitative estimate of drug-likeness (QED) is 0.435. The maximum atomic E-state index is 13.7. The van der Waals surface area contributed by atoms with Gasteiger partial charge in [0.1, 0.15) is 28.8 Å². The zero-order valence-corrected chi connectivity index (χ0v) is 16.9. The van der Waals surface area contributed by atoms with E-state index in [9.17, 15) is 18.4 Å². The number of halogens is 2. The van der Waals surface area contributed by atoms with Gasteiger partial charge in [-0.1, -0.05) is 13.8 Å². The molecule has 2 rings (SSSR count). The molecule has 0 unspecified atom stereocenters. The third-order valence-corrected chi connectivity index (χ3v) is 4.45. The average Bonchev–Trinajstić information content (AvgIpc) is 3.03. The highest BCUT2D eigenvalue weighted by molar-refractivity contribution is 7.11. The second kappa shape index (κ2) is 10.7. The van der Waals surface area contributed by atoms with Gasteiger partial charge in [-0.15, -0.1) is 0 Å². The molecule has 0 spiro atoms. The smallest absolute Gasteiger partial charge is 0.319 e. The molecule has 158 valence electrons. The Labute approximate surface area is 171 Å². The second-order valence-corrected chi connectivity index (χ2v) is 7.20. The summed E-state index contributed by atoms with van der Waals surface area (Å²) in [6.45, 7) is 4.95. The fraction of sp³-hybridized carbons (Fsp3) is 0.389. The molecule has 1 aromatic heterocycles. The van der Waals surface area contributed by atoms with Crippen molar-refractivity contribution in [1.29, 1.82) is 0 Å². The Morgan fingerprint density at radius 3 is 2.69 bits per heavy atom. The number of nitrogens with two attached hydrogens (primary N) is 1. The van der Waals surface area contributed by atoms with Crippen molar-refractivity contribution in [2.45, 2.75) is 32.9 Å². The predicted octanol–water partition coefficient (Wildman–Crippen LogP) is 2.61. The lowest BCUT2D eigenvalue weighted by molar-refractivity contribution is 0.0996. The molecular formula is C18H23F2N5O3S. The number of anilines is 1. The van der Waals surface area contributed by atoms with Crippen LogP contribution in [0, 0.1) is 11.6 Å². The van der Waals surface area contributed by atoms with Crippen LogP contribution in [0.3, 0.4) is 0 Å². The summed E-state index contributed by atoms with van der Waals surface area (Å²) in [4.78, 5) is 23.8. The number of aromatic nitrogens is 1. The van der Waals surface area contributed by atoms with Gasteiger partial charge in [0.2, 0.25) is 5.88 Å². The number of primary amides is 1. The molecule has 0 atom stereocenters. The first kappa shape index (κ1) is 22.5. The molecule has 0 aliphatic carbocycles. The third-order valence-electron chi connectivity index (χ3n) is 3.71. The zero-order chi connectivity index (χ0) is 21.4. The van der Waals surface area contributed by atoms with E-state index in [1.54, 1.807) is 0 Å². The third kappa shape index (κ3) is 6.95. The lowest BCUT2D eigenvalue weighted by atomic mass is 10.2. The van der Waals surface area contributed by atoms with Crippen molar-refractivity contribution in [1.82, 2.24) is 15.0 Å². The van der Waals surface area contributed by atoms with Crippen LogP contribution >= 0.6 is 11.5 Å². The van der Waals surface area contributed by atoms with Crippen molar-refractivity contribution in [2.75, 3.05) is 18.4 Å². The van der Waals surface area contributed by atoms with E-state index >= 15 is 0 Å². The Balaban J connectivity index is 1.95. The van der Waals surface area contributed by atoms with Gasteiger partial charge in [0.15, 0.2) is 0 Å². The van der Waals surface area contributed by atoms with Gasteiger partial charge in [-0.05, 0) is 36.6 Å². The van der Waals surface area contributed by atoms with E-state index in [4.69, 9.17) is 10.5 Å². The number of hydrogen-bond donors (Lipinski definition) is 4. The lowest BCUT2D eigenvalue weighted by Gasteiger charge is -2.09. The van der Waals surface area contributed by atoms with Crippen LogP contribution in [0.4, 0.5) is 18.6 Å². The van der Waals surface area contributed by atoms with Crippen LogP contribution in [-0.2, 0) is 6.61 Å². The Kier molecular flexibility index (Phi) is 8.28. The standard InChI is InChI=1S/C18H23F2N5O3S/c1-10(2)22-6-3-7-23-18(27)24-17-14(15(21)26)16(25-29-17)28-9-11-4-5-12(19)8-13(11)20/h4-5,8,10,22H,3,6-7,9H2,1-2H3,(H2,21,26)(H2,23,24,27). The fourth-order valence-electron chi connectivity index (χ4n) is 2.29. The van der Waals surface area contributed by atoms with Gasteiger partial charge in [-0.2, -0.15) is 4.37 Å². The van der Waals surface area contributed by atoms with E-state index in [1.807, 2.05) is 13.8 Å². The minimum atomic E-state index is -0.857. The number of urea groups is 1. The molecule has 1 heterocycles. The van der Waals surface area contributed by atoms with Crippen molar-refractivity contribution in [3.8, 4) is 5.88 Å². The summed E-state index contributed by atoms with van der Waals surface area (Å²) >= 11 is 0.808. The van der Waals surface area contributed by atoms with Crippen LogP contribution in [0.1, 0.15) is 36.2 Å². The van der Waals surface area contributed by atoms with Crippen molar-refractivity contribution in [2.24, 2.45) is 5.73 Å². The molecule has 0 saturated carbocycles. The number of nitrogens with one attached hydrogen (secondary N) is 3. The first-order valence-corrected chi connectivity index (χ1v) is 9.69. The van der Waals surface area contributed by atoms with Crippen LogP contribution in [0.2, 0.25) is 0 Å². The summed E-state index contributed by atoms with van der Waals surface area (Å²) in [6.07, 6.45) is 0.731. The maximum Gasteiger partial charge on any atom is 0.319 e. The van der Waals surface area contributed by atoms with Crippen LogP contribution in [0.25, 0.3) is 0 Å². The van der Waals surface area contributed by atoms with Gasteiger partial charge in [0.25, 0.3) is 5.91 Å². The van der Waals surface area contributed by atoms with Gasteiger partial charge in [0.05, 0.1) is 0 Å². The highest BCUT2D eigenvalue weighted by Crippen LogP contribution is 2.30. The summed E-state index contributed by atoms with van der Waals surface area (Å²) in [6, 6.07) is 2.88. The molecule has 0 saturated heterocycles. The maximum absolute atomic E-state index is 13.7. The molecule has 0 bridgehead atoms. The van der Waals surface area contributed by atoms with Crippen LogP contribution in [0.5, 0.6) is 5.88 Å². The van der Waals surface area contributed by atoms with Crippen molar-refractivity contribution in [3.05, 3.63) is 41.0 Å². The first-order valence-electron chi connectivity index (χ1n) is 8.92. The molecule has 0 aliphatic rings. The number of rotatable bonds is 10. The molecule has 8 nitrogen and oxygen atoms in total. The Bertz CT molecular complexity index is 860. The zero-order valence-electron chi connectivity index (χ0n) is 16.1. The highest BCUT2D eigenvalue weighted by atomic mass is 32.1. The highest BCUT2D eigenvalue weighted by Gasteiger charge is 2.22. The normalized spacial score (nSPS) is 10.8. The molecular weight excluding hydrogens is 404 g/mol. The number of hydrogen-bond acceptors (Lipinski definition) is 6. The van der Waals surface area contributed by atoms with E-state index < -0.39 is 23.6 Å². The molecule has 2 aromatic rings. The SMILES string of the molecule is CC(C)NCCCNC(=O)Nc1snc(OCc2ccc(F)cc2F)c1C(N)=O. The number of benzene rings is 1. The number of carbonyl (C=O) groups is 2. The monoisotopic (exact) mass is 427 g/mol. The van der Waals surface area contributed by atoms with Gasteiger partial charge in [-0.3, -0.25) is 10.1 Å². The largest absolute Gasteiger partial charge is 0.471 e. The summed E-state index contributed by atoms with van der Waals surface area (Å²) < 4.78 is 36.0. The topological polar surface area (TPSA) is 118 Å². The van der Waals surface area contributed by atoms with Crippen molar-refractivity contribution < 1.29 is 23.1 Å². The fourth-order valence-corrected chi connectivity index (χ4v) is 3.03. The number of nitrogens with zero attached hydrogens (tertiary/aromatic N) is 1. The van der Waals surface area contributed by atoms with Gasteiger partial charge in [0, 0.05) is 24.2 Å². The molecule has 29 heavy (non-hydrogen) atoms. The molecule has 3 amide bonds. The van der Waals surface area contributed by atoms with E-state index in [-0.39, 0.29) is 28.6 Å². The van der Waals surface area contributed by atoms with Crippen molar-refractivity contribution in [3.63, 3.8) is 0 Å². The first-order chi connectivity index (χ1) is 13.8. The molecule has 5 N–H and O–H groups in total. The van der Waals surface area contributed by atoms with E-state index in [0.717, 1.165) is 36.6 Å². The van der Waals surface area contributed by atoms with Crippen LogP contribution in [0.15, 0.2) is 18.2 Å². The van der Waals surface area contributed by atoms with Crippen molar-refractivity contribution >= 4 is 28.5 Å². The van der Waals surface area contributed by atoms with Crippen LogP contribution in [-0.4, -0.2) is 35.4 Å². The summed E-state index contributed by atoms with van der Waals surface area (Å²) in [7, 11) is 0. The predicted molar refractivity (Wildman–Crippen MR) is 106 cm³/mol. The summed E-state index contributed by atoms with van der Waals surface area (Å²) in [5.41, 5.74) is 5.33. The van der Waals surface area contributed by atoms with E-state index in [0.29, 0.717) is 12.6 Å². The number of carbonyl (C=O) groups excluding carboxylic acids is 2.